The van der Waals surface area contributed by atoms with Crippen molar-refractivity contribution >= 4 is 11.8 Å². The van der Waals surface area contributed by atoms with E-state index >= 15 is 0 Å². The Morgan fingerprint density at radius 1 is 1.24 bits per heavy atom. The van der Waals surface area contributed by atoms with Crippen LogP contribution in [0.1, 0.15) is 29.3 Å². The molecule has 0 radical (unpaired) electrons. The number of ether oxygens (including phenoxy) is 1. The predicted octanol–water partition coefficient (Wildman–Crippen LogP) is 2.41. The lowest BCUT2D eigenvalue weighted by Crippen LogP contribution is -2.13. The highest BCUT2D eigenvalue weighted by Gasteiger charge is 2.18. The Kier molecular flexibility index (Phi) is 4.31. The van der Waals surface area contributed by atoms with E-state index in [1.54, 1.807) is 6.92 Å². The fourth-order valence-corrected chi connectivity index (χ4v) is 1.30. The Balaban J connectivity index is 2.89. The standard InChI is InChI=1S/C12H12F2O3/c1-3-17-12(16)6-11(15)8-5-9(13)7(2)4-10(8)14/h4-5H,3,6H2,1-2H3. The first-order chi connectivity index (χ1) is 7.95. The zero-order valence-corrected chi connectivity index (χ0v) is 9.55. The molecule has 0 saturated carbocycles. The number of carbonyl (C=O) groups excluding carboxylic acids is 2. The molecule has 0 fully saturated rings. The number of hydrogen-bond donors (Lipinski definition) is 0. The molecule has 0 aliphatic rings. The summed E-state index contributed by atoms with van der Waals surface area (Å²) in [6.07, 6.45) is -0.590. The molecule has 0 bridgehead atoms. The van der Waals surface area contributed by atoms with Crippen molar-refractivity contribution in [3.63, 3.8) is 0 Å². The van der Waals surface area contributed by atoms with E-state index in [2.05, 4.69) is 4.74 Å². The molecule has 0 heterocycles. The van der Waals surface area contributed by atoms with Crippen LogP contribution in [0.15, 0.2) is 12.1 Å². The van der Waals surface area contributed by atoms with Gasteiger partial charge in [-0.25, -0.2) is 8.78 Å². The van der Waals surface area contributed by atoms with Crippen molar-refractivity contribution in [1.82, 2.24) is 0 Å². The zero-order valence-electron chi connectivity index (χ0n) is 9.55. The largest absolute Gasteiger partial charge is 0.466 e. The average molecular weight is 242 g/mol. The van der Waals surface area contributed by atoms with E-state index in [1.165, 1.54) is 6.92 Å². The Labute approximate surface area is 97.4 Å². The summed E-state index contributed by atoms with van der Waals surface area (Å²) < 4.78 is 31.1. The predicted molar refractivity (Wildman–Crippen MR) is 56.7 cm³/mol. The number of hydrogen-bond acceptors (Lipinski definition) is 3. The molecule has 1 rings (SSSR count). The average Bonchev–Trinajstić information content (AvgIpc) is 2.23. The Morgan fingerprint density at radius 2 is 1.88 bits per heavy atom. The number of rotatable bonds is 4. The molecule has 0 spiro atoms. The van der Waals surface area contributed by atoms with Gasteiger partial charge in [0.1, 0.15) is 18.1 Å². The van der Waals surface area contributed by atoms with Crippen LogP contribution in [0.25, 0.3) is 0 Å². The molecule has 0 aliphatic carbocycles. The van der Waals surface area contributed by atoms with Gasteiger partial charge in [0.15, 0.2) is 5.78 Å². The number of aryl methyl sites for hydroxylation is 1. The van der Waals surface area contributed by atoms with Crippen molar-refractivity contribution in [2.75, 3.05) is 6.61 Å². The molecular formula is C12H12F2O3. The quantitative estimate of drug-likeness (QED) is 0.462. The first kappa shape index (κ1) is 13.3. The summed E-state index contributed by atoms with van der Waals surface area (Å²) in [6.45, 7) is 3.11. The lowest BCUT2D eigenvalue weighted by atomic mass is 10.1. The molecule has 5 heteroatoms. The van der Waals surface area contributed by atoms with Crippen molar-refractivity contribution in [1.29, 1.82) is 0 Å². The third kappa shape index (κ3) is 3.34. The van der Waals surface area contributed by atoms with E-state index in [4.69, 9.17) is 0 Å². The van der Waals surface area contributed by atoms with Crippen LogP contribution in [0.3, 0.4) is 0 Å². The highest BCUT2D eigenvalue weighted by molar-refractivity contribution is 6.06. The topological polar surface area (TPSA) is 43.4 Å². The lowest BCUT2D eigenvalue weighted by molar-refractivity contribution is -0.141. The lowest BCUT2D eigenvalue weighted by Gasteiger charge is -2.04. The van der Waals surface area contributed by atoms with Gasteiger partial charge in [-0.3, -0.25) is 9.59 Å². The normalized spacial score (nSPS) is 10.1. The van der Waals surface area contributed by atoms with Crippen molar-refractivity contribution in [3.8, 4) is 0 Å². The smallest absolute Gasteiger partial charge is 0.313 e. The molecule has 0 saturated heterocycles. The maximum Gasteiger partial charge on any atom is 0.313 e. The van der Waals surface area contributed by atoms with Gasteiger partial charge >= 0.3 is 5.97 Å². The second-order valence-electron chi connectivity index (χ2n) is 3.49. The summed E-state index contributed by atoms with van der Waals surface area (Å²) in [5, 5.41) is 0. The maximum absolute atomic E-state index is 13.4. The summed E-state index contributed by atoms with van der Waals surface area (Å²) in [4.78, 5) is 22.5. The second kappa shape index (κ2) is 5.52. The molecule has 1 aromatic carbocycles. The number of carbonyl (C=O) groups is 2. The number of halogens is 2. The summed E-state index contributed by atoms with van der Waals surface area (Å²) in [6, 6.07) is 1.72. The summed E-state index contributed by atoms with van der Waals surface area (Å²) in [5.74, 6) is -3.06. The highest BCUT2D eigenvalue weighted by Crippen LogP contribution is 2.16. The van der Waals surface area contributed by atoms with Crippen LogP contribution in [0.5, 0.6) is 0 Å². The summed E-state index contributed by atoms with van der Waals surface area (Å²) >= 11 is 0. The highest BCUT2D eigenvalue weighted by atomic mass is 19.1. The van der Waals surface area contributed by atoms with Gasteiger partial charge in [0.2, 0.25) is 0 Å². The van der Waals surface area contributed by atoms with E-state index < -0.39 is 35.4 Å². The Hall–Kier alpha value is -1.78. The van der Waals surface area contributed by atoms with Crippen LogP contribution >= 0.6 is 0 Å². The molecule has 1 aromatic rings. The molecule has 0 aromatic heterocycles. The fourth-order valence-electron chi connectivity index (χ4n) is 1.30. The van der Waals surface area contributed by atoms with Crippen molar-refractivity contribution in [2.45, 2.75) is 20.3 Å². The van der Waals surface area contributed by atoms with Crippen LogP contribution in [0, 0.1) is 18.6 Å². The van der Waals surface area contributed by atoms with Gasteiger partial charge in [0, 0.05) is 0 Å². The van der Waals surface area contributed by atoms with Crippen LogP contribution in [-0.2, 0) is 9.53 Å². The SMILES string of the molecule is CCOC(=O)CC(=O)c1cc(F)c(C)cc1F. The van der Waals surface area contributed by atoms with E-state index in [0.29, 0.717) is 0 Å². The summed E-state index contributed by atoms with van der Waals surface area (Å²) in [7, 11) is 0. The monoisotopic (exact) mass is 242 g/mol. The minimum Gasteiger partial charge on any atom is -0.466 e. The Morgan fingerprint density at radius 3 is 2.47 bits per heavy atom. The number of esters is 1. The van der Waals surface area contributed by atoms with Gasteiger partial charge in [-0.2, -0.15) is 0 Å². The minimum absolute atomic E-state index is 0.107. The van der Waals surface area contributed by atoms with E-state index in [1.807, 2.05) is 0 Å². The third-order valence-electron chi connectivity index (χ3n) is 2.16. The fraction of sp³-hybridized carbons (Fsp3) is 0.333. The van der Waals surface area contributed by atoms with Crippen LogP contribution in [0.2, 0.25) is 0 Å². The maximum atomic E-state index is 13.4. The van der Waals surface area contributed by atoms with Crippen LogP contribution in [0.4, 0.5) is 8.78 Å². The molecule has 17 heavy (non-hydrogen) atoms. The van der Waals surface area contributed by atoms with Gasteiger partial charge in [0.25, 0.3) is 0 Å². The van der Waals surface area contributed by atoms with E-state index in [9.17, 15) is 18.4 Å². The van der Waals surface area contributed by atoms with Crippen molar-refractivity contribution in [2.24, 2.45) is 0 Å². The number of ketones is 1. The number of Topliss-reactive ketones (excluding diaryl/α,β-unsaturated/α-hetero) is 1. The molecular weight excluding hydrogens is 230 g/mol. The van der Waals surface area contributed by atoms with Gasteiger partial charge in [-0.1, -0.05) is 0 Å². The third-order valence-corrected chi connectivity index (χ3v) is 2.16. The number of benzene rings is 1. The molecule has 92 valence electrons. The molecule has 0 unspecified atom stereocenters. The van der Waals surface area contributed by atoms with Gasteiger partial charge < -0.3 is 4.74 Å². The van der Waals surface area contributed by atoms with Crippen LogP contribution < -0.4 is 0 Å². The molecule has 3 nitrogen and oxygen atoms in total. The van der Waals surface area contributed by atoms with Crippen molar-refractivity contribution < 1.29 is 23.1 Å². The second-order valence-corrected chi connectivity index (χ2v) is 3.49. The van der Waals surface area contributed by atoms with Gasteiger partial charge in [-0.15, -0.1) is 0 Å². The molecule has 0 atom stereocenters. The molecule has 0 aliphatic heterocycles. The summed E-state index contributed by atoms with van der Waals surface area (Å²) in [5.41, 5.74) is -0.323. The Bertz CT molecular complexity index is 455. The minimum atomic E-state index is -0.835. The molecule has 0 amide bonds. The van der Waals surface area contributed by atoms with E-state index in [-0.39, 0.29) is 12.2 Å². The first-order valence-corrected chi connectivity index (χ1v) is 5.10. The van der Waals surface area contributed by atoms with Gasteiger partial charge in [0.05, 0.1) is 12.2 Å². The van der Waals surface area contributed by atoms with Gasteiger partial charge in [-0.05, 0) is 31.5 Å². The first-order valence-electron chi connectivity index (χ1n) is 5.10. The molecule has 0 N–H and O–H groups in total. The van der Waals surface area contributed by atoms with Crippen LogP contribution in [-0.4, -0.2) is 18.4 Å². The van der Waals surface area contributed by atoms with E-state index in [0.717, 1.165) is 12.1 Å². The van der Waals surface area contributed by atoms with Crippen molar-refractivity contribution in [3.05, 3.63) is 34.9 Å². The zero-order chi connectivity index (χ0) is 13.0.